The third-order valence-electron chi connectivity index (χ3n) is 4.58. The fourth-order valence-electron chi connectivity index (χ4n) is 3.15. The highest BCUT2D eigenvalue weighted by Gasteiger charge is 2.30. The van der Waals surface area contributed by atoms with Crippen LogP contribution in [0.2, 0.25) is 5.02 Å². The number of halogens is 4. The van der Waals surface area contributed by atoms with Crippen LogP contribution in [0.15, 0.2) is 59.2 Å². The smallest absolute Gasteiger partial charge is 0.416 e. The lowest BCUT2D eigenvalue weighted by Crippen LogP contribution is -2.30. The highest BCUT2D eigenvalue weighted by molar-refractivity contribution is 6.31. The minimum absolute atomic E-state index is 0.0553. The van der Waals surface area contributed by atoms with Gasteiger partial charge in [-0.15, -0.1) is 0 Å². The summed E-state index contributed by atoms with van der Waals surface area (Å²) in [7, 11) is 0. The minimum Gasteiger partial charge on any atom is -0.447 e. The van der Waals surface area contributed by atoms with Gasteiger partial charge in [0.2, 0.25) is 5.89 Å². The van der Waals surface area contributed by atoms with Crippen LogP contribution in [0.25, 0.3) is 0 Å². The summed E-state index contributed by atoms with van der Waals surface area (Å²) < 4.78 is 44.8. The van der Waals surface area contributed by atoms with Crippen LogP contribution in [0.4, 0.5) is 13.2 Å². The summed E-state index contributed by atoms with van der Waals surface area (Å²) in [4.78, 5) is 18.2. The highest BCUT2D eigenvalue weighted by atomic mass is 35.5. The van der Waals surface area contributed by atoms with Gasteiger partial charge in [0.25, 0.3) is 5.91 Å². The first kappa shape index (κ1) is 23.8. The van der Waals surface area contributed by atoms with Gasteiger partial charge < -0.3 is 9.73 Å². The molecule has 1 aromatic heterocycles. The van der Waals surface area contributed by atoms with Crippen LogP contribution >= 0.6 is 11.6 Å². The van der Waals surface area contributed by atoms with Crippen molar-refractivity contribution in [2.75, 3.05) is 0 Å². The van der Waals surface area contributed by atoms with Crippen molar-refractivity contribution < 1.29 is 22.4 Å². The van der Waals surface area contributed by atoms with Gasteiger partial charge in [0.05, 0.1) is 12.1 Å². The number of oxazole rings is 1. The molecule has 0 aliphatic rings. The third kappa shape index (κ3) is 6.58. The zero-order valence-electron chi connectivity index (χ0n) is 17.6. The van der Waals surface area contributed by atoms with Crippen molar-refractivity contribution in [3.63, 3.8) is 0 Å². The number of rotatable bonds is 8. The van der Waals surface area contributed by atoms with Crippen LogP contribution in [0, 0.1) is 0 Å². The van der Waals surface area contributed by atoms with E-state index in [1.165, 1.54) is 12.3 Å². The van der Waals surface area contributed by atoms with Crippen LogP contribution in [-0.4, -0.2) is 21.8 Å². The predicted octanol–water partition coefficient (Wildman–Crippen LogP) is 5.69. The molecular formula is C23H23ClF3N3O2. The maximum absolute atomic E-state index is 13.1. The molecule has 0 saturated carbocycles. The molecule has 1 heterocycles. The van der Waals surface area contributed by atoms with E-state index in [9.17, 15) is 18.0 Å². The molecule has 9 heteroatoms. The van der Waals surface area contributed by atoms with E-state index >= 15 is 0 Å². The van der Waals surface area contributed by atoms with Crippen LogP contribution in [0.1, 0.15) is 46.9 Å². The van der Waals surface area contributed by atoms with Crippen molar-refractivity contribution in [1.82, 2.24) is 15.2 Å². The minimum atomic E-state index is -4.43. The summed E-state index contributed by atoms with van der Waals surface area (Å²) >= 11 is 6.29. The molecule has 0 unspecified atom stereocenters. The molecule has 0 saturated heterocycles. The van der Waals surface area contributed by atoms with E-state index in [0.717, 1.165) is 17.7 Å². The molecule has 5 nitrogen and oxygen atoms in total. The number of aromatic nitrogens is 1. The van der Waals surface area contributed by atoms with Crippen molar-refractivity contribution in [3.05, 3.63) is 88.1 Å². The molecule has 0 bridgehead atoms. The van der Waals surface area contributed by atoms with Gasteiger partial charge in [0.1, 0.15) is 6.26 Å². The average Bonchev–Trinajstić information content (AvgIpc) is 3.17. The van der Waals surface area contributed by atoms with Crippen LogP contribution < -0.4 is 5.32 Å². The number of alkyl halides is 3. The highest BCUT2D eigenvalue weighted by Crippen LogP contribution is 2.30. The normalized spacial score (nSPS) is 11.9. The van der Waals surface area contributed by atoms with E-state index in [1.807, 2.05) is 30.9 Å². The van der Waals surface area contributed by atoms with Crippen molar-refractivity contribution in [2.24, 2.45) is 0 Å². The van der Waals surface area contributed by atoms with Gasteiger partial charge in [-0.1, -0.05) is 48.0 Å². The second-order valence-corrected chi connectivity index (χ2v) is 8.10. The number of carbonyl (C=O) groups is 1. The zero-order chi connectivity index (χ0) is 23.3. The SMILES string of the molecule is CC(C)NC(=O)c1coc(CN(Cc2cccc(C(F)(F)F)c2)Cc2ccccc2Cl)n1. The molecule has 3 aromatic rings. The number of hydrogen-bond acceptors (Lipinski definition) is 4. The number of hydrogen-bond donors (Lipinski definition) is 1. The summed E-state index contributed by atoms with van der Waals surface area (Å²) in [6.45, 7) is 4.39. The molecular weight excluding hydrogens is 443 g/mol. The Morgan fingerprint density at radius 2 is 1.88 bits per heavy atom. The number of carbonyl (C=O) groups excluding carboxylic acids is 1. The Balaban J connectivity index is 1.83. The largest absolute Gasteiger partial charge is 0.447 e. The molecule has 2 aromatic carbocycles. The van der Waals surface area contributed by atoms with Crippen molar-refractivity contribution in [1.29, 1.82) is 0 Å². The van der Waals surface area contributed by atoms with Gasteiger partial charge in [-0.05, 0) is 37.1 Å². The van der Waals surface area contributed by atoms with Crippen molar-refractivity contribution >= 4 is 17.5 Å². The van der Waals surface area contributed by atoms with E-state index in [0.29, 0.717) is 17.1 Å². The molecule has 1 N–H and O–H groups in total. The standard InChI is InChI=1S/C23H23ClF3N3O2/c1-15(2)28-22(31)20-14-32-21(29-20)13-30(12-17-7-3-4-9-19(17)24)11-16-6-5-8-18(10-16)23(25,26)27/h3-10,14-15H,11-13H2,1-2H3,(H,28,31). The molecule has 0 atom stereocenters. The van der Waals surface area contributed by atoms with Gasteiger partial charge in [-0.3, -0.25) is 9.69 Å². The van der Waals surface area contributed by atoms with E-state index < -0.39 is 11.7 Å². The summed E-state index contributed by atoms with van der Waals surface area (Å²) in [5.74, 6) is -0.0801. The van der Waals surface area contributed by atoms with Gasteiger partial charge in [-0.2, -0.15) is 13.2 Å². The first-order valence-electron chi connectivity index (χ1n) is 9.99. The number of benzene rings is 2. The second kappa shape index (κ2) is 10.2. The monoisotopic (exact) mass is 465 g/mol. The third-order valence-corrected chi connectivity index (χ3v) is 4.94. The predicted molar refractivity (Wildman–Crippen MR) is 115 cm³/mol. The van der Waals surface area contributed by atoms with Crippen molar-refractivity contribution in [2.45, 2.75) is 45.7 Å². The fourth-order valence-corrected chi connectivity index (χ4v) is 3.35. The van der Waals surface area contributed by atoms with Gasteiger partial charge in [0, 0.05) is 24.2 Å². The summed E-state index contributed by atoms with van der Waals surface area (Å²) in [6.07, 6.45) is -3.16. The van der Waals surface area contributed by atoms with E-state index in [4.69, 9.17) is 16.0 Å². The van der Waals surface area contributed by atoms with Crippen LogP contribution in [0.5, 0.6) is 0 Å². The van der Waals surface area contributed by atoms with E-state index in [1.54, 1.807) is 18.2 Å². The summed E-state index contributed by atoms with van der Waals surface area (Å²) in [5, 5.41) is 3.28. The zero-order valence-corrected chi connectivity index (χ0v) is 18.4. The molecule has 170 valence electrons. The Morgan fingerprint density at radius 3 is 2.56 bits per heavy atom. The molecule has 3 rings (SSSR count). The first-order chi connectivity index (χ1) is 15.1. The maximum Gasteiger partial charge on any atom is 0.416 e. The molecule has 32 heavy (non-hydrogen) atoms. The molecule has 0 radical (unpaired) electrons. The lowest BCUT2D eigenvalue weighted by molar-refractivity contribution is -0.137. The van der Waals surface area contributed by atoms with Gasteiger partial charge >= 0.3 is 6.18 Å². The summed E-state index contributed by atoms with van der Waals surface area (Å²) in [5.41, 5.74) is 0.726. The Kier molecular flexibility index (Phi) is 7.58. The Morgan fingerprint density at radius 1 is 1.12 bits per heavy atom. The lowest BCUT2D eigenvalue weighted by Gasteiger charge is -2.22. The Hall–Kier alpha value is -2.84. The lowest BCUT2D eigenvalue weighted by atomic mass is 10.1. The van der Waals surface area contributed by atoms with Crippen LogP contribution in [0.3, 0.4) is 0 Å². The van der Waals surface area contributed by atoms with Crippen LogP contribution in [-0.2, 0) is 25.8 Å². The second-order valence-electron chi connectivity index (χ2n) is 7.69. The maximum atomic E-state index is 13.1. The number of nitrogens with zero attached hydrogens (tertiary/aromatic N) is 2. The summed E-state index contributed by atoms with van der Waals surface area (Å²) in [6, 6.07) is 12.3. The topological polar surface area (TPSA) is 58.4 Å². The molecule has 0 aliphatic heterocycles. The number of amides is 1. The van der Waals surface area contributed by atoms with E-state index in [-0.39, 0.29) is 36.6 Å². The van der Waals surface area contributed by atoms with E-state index in [2.05, 4.69) is 10.3 Å². The molecule has 0 spiro atoms. The Bertz CT molecular complexity index is 1070. The Labute approximate surface area is 189 Å². The number of nitrogens with one attached hydrogen (secondary N) is 1. The van der Waals surface area contributed by atoms with Crippen molar-refractivity contribution in [3.8, 4) is 0 Å². The quantitative estimate of drug-likeness (QED) is 0.464. The fraction of sp³-hybridized carbons (Fsp3) is 0.304. The molecule has 0 aliphatic carbocycles. The first-order valence-corrected chi connectivity index (χ1v) is 10.4. The molecule has 0 fully saturated rings. The molecule has 1 amide bonds. The average molecular weight is 466 g/mol. The van der Waals surface area contributed by atoms with Gasteiger partial charge in [0.15, 0.2) is 5.69 Å². The van der Waals surface area contributed by atoms with Gasteiger partial charge in [-0.25, -0.2) is 4.98 Å².